The van der Waals surface area contributed by atoms with E-state index in [-0.39, 0.29) is 29.8 Å². The zero-order valence-electron chi connectivity index (χ0n) is 12.9. The predicted octanol–water partition coefficient (Wildman–Crippen LogP) is 3.29. The van der Waals surface area contributed by atoms with E-state index in [1.165, 1.54) is 5.57 Å². The van der Waals surface area contributed by atoms with Crippen LogP contribution in [-0.2, 0) is 4.74 Å². The van der Waals surface area contributed by atoms with Crippen molar-refractivity contribution < 1.29 is 14.9 Å². The predicted molar refractivity (Wildman–Crippen MR) is 81.9 cm³/mol. The summed E-state index contributed by atoms with van der Waals surface area (Å²) >= 11 is 0. The minimum absolute atomic E-state index is 0.00373. The van der Waals surface area contributed by atoms with Gasteiger partial charge in [0.2, 0.25) is 0 Å². The fourth-order valence-electron chi connectivity index (χ4n) is 4.25. The van der Waals surface area contributed by atoms with Crippen molar-refractivity contribution in [3.63, 3.8) is 0 Å². The fraction of sp³-hybridized carbons (Fsp3) is 0.556. The number of aliphatic hydroxyl groups excluding tert-OH is 1. The Morgan fingerprint density at radius 2 is 1.90 bits per heavy atom. The van der Waals surface area contributed by atoms with Gasteiger partial charge in [0.15, 0.2) is 0 Å². The normalized spacial score (nSPS) is 39.0. The van der Waals surface area contributed by atoms with E-state index in [1.807, 2.05) is 12.1 Å². The van der Waals surface area contributed by atoms with Crippen LogP contribution in [0.4, 0.5) is 0 Å². The molecule has 0 saturated carbocycles. The molecular weight excluding hydrogens is 264 g/mol. The number of aromatic hydroxyl groups is 1. The molecule has 1 fully saturated rings. The highest BCUT2D eigenvalue weighted by Crippen LogP contribution is 2.55. The van der Waals surface area contributed by atoms with E-state index in [0.29, 0.717) is 18.4 Å². The number of rotatable bonds is 2. The van der Waals surface area contributed by atoms with Gasteiger partial charge in [-0.15, -0.1) is 0 Å². The van der Waals surface area contributed by atoms with Crippen molar-refractivity contribution >= 4 is 0 Å². The molecule has 0 spiro atoms. The molecule has 1 aromatic carbocycles. The van der Waals surface area contributed by atoms with Crippen LogP contribution in [-0.4, -0.2) is 23.4 Å². The van der Waals surface area contributed by atoms with E-state index in [1.54, 1.807) is 12.1 Å². The van der Waals surface area contributed by atoms with Crippen LogP contribution >= 0.6 is 0 Å². The monoisotopic (exact) mass is 288 g/mol. The first-order valence-corrected chi connectivity index (χ1v) is 7.69. The third-order valence-electron chi connectivity index (χ3n) is 5.76. The highest BCUT2D eigenvalue weighted by atomic mass is 16.5. The van der Waals surface area contributed by atoms with Gasteiger partial charge in [-0.05, 0) is 36.5 Å². The number of fused-ring (bicyclic) bond motifs is 2. The summed E-state index contributed by atoms with van der Waals surface area (Å²) in [6.07, 6.45) is 2.31. The average molecular weight is 288 g/mol. The van der Waals surface area contributed by atoms with Crippen molar-refractivity contribution in [3.8, 4) is 5.75 Å². The van der Waals surface area contributed by atoms with Crippen LogP contribution in [0.2, 0.25) is 0 Å². The van der Waals surface area contributed by atoms with E-state index in [9.17, 15) is 10.2 Å². The van der Waals surface area contributed by atoms with Gasteiger partial charge in [-0.1, -0.05) is 37.6 Å². The smallest absolute Gasteiger partial charge is 0.115 e. The van der Waals surface area contributed by atoms with E-state index >= 15 is 0 Å². The Labute approximate surface area is 126 Å². The highest BCUT2D eigenvalue weighted by molar-refractivity contribution is 5.31. The fourth-order valence-corrected chi connectivity index (χ4v) is 4.25. The number of allylic oxidation sites excluding steroid dienone is 1. The molecule has 2 aliphatic rings. The lowest BCUT2D eigenvalue weighted by molar-refractivity contribution is -0.165. The molecule has 2 N–H and O–H groups in total. The van der Waals surface area contributed by atoms with Gasteiger partial charge in [0, 0.05) is 11.3 Å². The summed E-state index contributed by atoms with van der Waals surface area (Å²) in [7, 11) is 0. The molecule has 2 bridgehead atoms. The second kappa shape index (κ2) is 5.15. The molecule has 0 unspecified atom stereocenters. The molecule has 3 rings (SSSR count). The second-order valence-corrected chi connectivity index (χ2v) is 6.73. The Bertz CT molecular complexity index is 548. The maximum atomic E-state index is 9.97. The minimum Gasteiger partial charge on any atom is -0.508 e. The lowest BCUT2D eigenvalue weighted by Gasteiger charge is -2.55. The van der Waals surface area contributed by atoms with Crippen LogP contribution in [0.15, 0.2) is 35.9 Å². The first kappa shape index (κ1) is 14.6. The van der Waals surface area contributed by atoms with Gasteiger partial charge in [-0.3, -0.25) is 0 Å². The highest BCUT2D eigenvalue weighted by Gasteiger charge is 2.53. The van der Waals surface area contributed by atoms with Crippen molar-refractivity contribution in [1.29, 1.82) is 0 Å². The molecule has 0 amide bonds. The van der Waals surface area contributed by atoms with E-state index in [2.05, 4.69) is 26.8 Å². The summed E-state index contributed by atoms with van der Waals surface area (Å²) in [6.45, 7) is 7.33. The molecule has 1 aliphatic carbocycles. The topological polar surface area (TPSA) is 49.7 Å². The van der Waals surface area contributed by atoms with Crippen LogP contribution in [0.1, 0.15) is 32.4 Å². The summed E-state index contributed by atoms with van der Waals surface area (Å²) in [5.41, 5.74) is 2.27. The average Bonchev–Trinajstić information content (AvgIpc) is 2.46. The summed E-state index contributed by atoms with van der Waals surface area (Å²) < 4.78 is 6.19. The largest absolute Gasteiger partial charge is 0.508 e. The van der Waals surface area contributed by atoms with Gasteiger partial charge in [-0.2, -0.15) is 0 Å². The number of phenols is 1. The van der Waals surface area contributed by atoms with E-state index in [4.69, 9.17) is 4.74 Å². The molecule has 1 heterocycles. The number of hydrogen-bond acceptors (Lipinski definition) is 3. The third-order valence-corrected chi connectivity index (χ3v) is 5.76. The molecule has 0 radical (unpaired) electrons. The molecular formula is C18H24O3. The van der Waals surface area contributed by atoms with Crippen molar-refractivity contribution in [2.75, 3.05) is 13.2 Å². The summed E-state index contributed by atoms with van der Waals surface area (Å²) in [6, 6.07) is 7.29. The van der Waals surface area contributed by atoms with Gasteiger partial charge in [0.05, 0.1) is 19.3 Å². The maximum absolute atomic E-state index is 9.97. The van der Waals surface area contributed by atoms with Gasteiger partial charge < -0.3 is 14.9 Å². The van der Waals surface area contributed by atoms with E-state index < -0.39 is 0 Å². The number of benzene rings is 1. The zero-order chi connectivity index (χ0) is 15.2. The minimum atomic E-state index is -0.169. The van der Waals surface area contributed by atoms with Crippen molar-refractivity contribution in [1.82, 2.24) is 0 Å². The number of hydrogen-bond donors (Lipinski definition) is 2. The van der Waals surface area contributed by atoms with Crippen LogP contribution in [0.5, 0.6) is 5.75 Å². The lowest BCUT2D eigenvalue weighted by Crippen LogP contribution is -2.53. The first-order valence-electron chi connectivity index (χ1n) is 7.69. The number of phenolic OH excluding ortho intramolecular Hbond substituents is 1. The van der Waals surface area contributed by atoms with Crippen molar-refractivity contribution in [2.45, 2.75) is 26.9 Å². The Balaban J connectivity index is 2.01. The lowest BCUT2D eigenvalue weighted by atomic mass is 9.56. The summed E-state index contributed by atoms with van der Waals surface area (Å²) in [5, 5.41) is 19.4. The zero-order valence-corrected chi connectivity index (χ0v) is 12.9. The molecule has 1 aromatic rings. The van der Waals surface area contributed by atoms with E-state index in [0.717, 1.165) is 5.56 Å². The third kappa shape index (κ3) is 2.11. The van der Waals surface area contributed by atoms with Gasteiger partial charge >= 0.3 is 0 Å². The first-order chi connectivity index (χ1) is 9.99. The quantitative estimate of drug-likeness (QED) is 0.821. The summed E-state index contributed by atoms with van der Waals surface area (Å²) in [4.78, 5) is 0. The van der Waals surface area contributed by atoms with Gasteiger partial charge in [0.1, 0.15) is 5.75 Å². The molecule has 1 saturated heterocycles. The summed E-state index contributed by atoms with van der Waals surface area (Å²) in [5.74, 6) is 1.26. The second-order valence-electron chi connectivity index (χ2n) is 6.73. The van der Waals surface area contributed by atoms with Crippen molar-refractivity contribution in [3.05, 3.63) is 41.5 Å². The van der Waals surface area contributed by atoms with Crippen LogP contribution in [0.3, 0.4) is 0 Å². The van der Waals surface area contributed by atoms with Crippen molar-refractivity contribution in [2.24, 2.45) is 23.2 Å². The molecule has 3 heteroatoms. The molecule has 5 atom stereocenters. The Morgan fingerprint density at radius 1 is 1.24 bits per heavy atom. The maximum Gasteiger partial charge on any atom is 0.115 e. The molecule has 1 aliphatic heterocycles. The molecule has 3 nitrogen and oxygen atoms in total. The Kier molecular flexibility index (Phi) is 3.58. The van der Waals surface area contributed by atoms with Gasteiger partial charge in [0.25, 0.3) is 0 Å². The Morgan fingerprint density at radius 3 is 2.52 bits per heavy atom. The molecule has 21 heavy (non-hydrogen) atoms. The Hall–Kier alpha value is -1.32. The SMILES string of the molecule is CC1=C[C@H](C)[C@@]2(CO)CO[C@H](c3ccc(O)cc3)[C@H]1[C@H]2C. The number of ether oxygens (including phenoxy) is 1. The standard InChI is InChI=1S/C18H24O3/c1-11-8-12(2)18(9-19)10-21-17(16(11)13(18)3)14-4-6-15(20)7-5-14/h4-8,12-13,16-17,19-20H,9-10H2,1-3H3/t12-,13+,16+,17+,18+/m0/s1. The van der Waals surface area contributed by atoms with Gasteiger partial charge in [-0.25, -0.2) is 0 Å². The van der Waals surface area contributed by atoms with Crippen LogP contribution in [0, 0.1) is 23.2 Å². The molecule has 114 valence electrons. The van der Waals surface area contributed by atoms with Crippen LogP contribution in [0.25, 0.3) is 0 Å². The van der Waals surface area contributed by atoms with Crippen LogP contribution < -0.4 is 0 Å². The molecule has 0 aromatic heterocycles. The number of aliphatic hydroxyl groups is 1.